The van der Waals surface area contributed by atoms with Crippen LogP contribution in [0.15, 0.2) is 6.07 Å². The zero-order valence-corrected chi connectivity index (χ0v) is 15.4. The summed E-state index contributed by atoms with van der Waals surface area (Å²) in [6, 6.07) is 2.26. The molecule has 2 heterocycles. The molecule has 1 amide bonds. The second-order valence-corrected chi connectivity index (χ2v) is 8.01. The Morgan fingerprint density at radius 1 is 1.55 bits per heavy atom. The van der Waals surface area contributed by atoms with Crippen LogP contribution < -0.4 is 10.6 Å². The Labute approximate surface area is 143 Å². The minimum atomic E-state index is 0. The molecule has 5 nitrogen and oxygen atoms in total. The smallest absolute Gasteiger partial charge is 0.227 e. The summed E-state index contributed by atoms with van der Waals surface area (Å²) >= 11 is 1.90. The van der Waals surface area contributed by atoms with Crippen LogP contribution in [-0.2, 0) is 18.3 Å². The van der Waals surface area contributed by atoms with Gasteiger partial charge in [-0.15, -0.1) is 12.4 Å². The number of carbonyl (C=O) groups is 1. The van der Waals surface area contributed by atoms with E-state index in [1.165, 1.54) is 0 Å². The molecule has 1 unspecified atom stereocenters. The van der Waals surface area contributed by atoms with Crippen molar-refractivity contribution in [2.45, 2.75) is 39.7 Å². The number of thioether (sulfide) groups is 1. The van der Waals surface area contributed by atoms with Gasteiger partial charge in [0.2, 0.25) is 5.91 Å². The number of halogens is 1. The Hall–Kier alpha value is -0.720. The van der Waals surface area contributed by atoms with Crippen molar-refractivity contribution in [2.24, 2.45) is 12.5 Å². The quantitative estimate of drug-likeness (QED) is 0.879. The number of aryl methyl sites for hydroxylation is 1. The molecule has 1 atom stereocenters. The summed E-state index contributed by atoms with van der Waals surface area (Å²) in [7, 11) is 1.87. The second-order valence-electron chi connectivity index (χ2n) is 6.86. The third kappa shape index (κ3) is 6.18. The SMILES string of the molecule is Cl.Cn1nc(CC(C)(C)C)cc1NC(=O)CC1CSCCN1. The minimum Gasteiger partial charge on any atom is -0.312 e. The molecule has 22 heavy (non-hydrogen) atoms. The maximum absolute atomic E-state index is 12.1. The fourth-order valence-corrected chi connectivity index (χ4v) is 3.39. The Kier molecular flexibility index (Phi) is 7.22. The molecule has 1 aliphatic heterocycles. The van der Waals surface area contributed by atoms with Gasteiger partial charge in [0.25, 0.3) is 0 Å². The zero-order chi connectivity index (χ0) is 15.5. The molecule has 0 aromatic carbocycles. The third-order valence-electron chi connectivity index (χ3n) is 3.34. The van der Waals surface area contributed by atoms with Gasteiger partial charge in [-0.3, -0.25) is 9.48 Å². The number of anilines is 1. The predicted molar refractivity (Wildman–Crippen MR) is 96.0 cm³/mol. The standard InChI is InChI=1S/C15H26N4OS.ClH/c1-15(2,3)9-11-7-13(19(4)18-11)17-14(20)8-12-10-21-6-5-16-12;/h7,12,16H,5-6,8-10H2,1-4H3,(H,17,20);1H. The molecule has 1 saturated heterocycles. The monoisotopic (exact) mass is 346 g/mol. The van der Waals surface area contributed by atoms with Crippen molar-refractivity contribution in [3.8, 4) is 0 Å². The number of carbonyl (C=O) groups excluding carboxylic acids is 1. The average molecular weight is 347 g/mol. The van der Waals surface area contributed by atoms with E-state index in [1.54, 1.807) is 4.68 Å². The number of amides is 1. The Morgan fingerprint density at radius 3 is 2.86 bits per heavy atom. The highest BCUT2D eigenvalue weighted by molar-refractivity contribution is 7.99. The number of hydrogen-bond acceptors (Lipinski definition) is 4. The minimum absolute atomic E-state index is 0. The first-order valence-electron chi connectivity index (χ1n) is 7.47. The third-order valence-corrected chi connectivity index (χ3v) is 4.47. The van der Waals surface area contributed by atoms with Gasteiger partial charge in [-0.05, 0) is 11.8 Å². The van der Waals surface area contributed by atoms with Crippen molar-refractivity contribution in [3.63, 3.8) is 0 Å². The van der Waals surface area contributed by atoms with Crippen molar-refractivity contribution in [2.75, 3.05) is 23.4 Å². The predicted octanol–water partition coefficient (Wildman–Crippen LogP) is 2.46. The van der Waals surface area contributed by atoms with Gasteiger partial charge in [0.1, 0.15) is 5.82 Å². The normalized spacial score (nSPS) is 18.6. The lowest BCUT2D eigenvalue weighted by Crippen LogP contribution is -2.40. The van der Waals surface area contributed by atoms with Crippen LogP contribution in [0, 0.1) is 5.41 Å². The van der Waals surface area contributed by atoms with Crippen LogP contribution in [0.4, 0.5) is 5.82 Å². The van der Waals surface area contributed by atoms with E-state index in [0.717, 1.165) is 36.0 Å². The van der Waals surface area contributed by atoms with Crippen LogP contribution in [-0.4, -0.2) is 39.8 Å². The number of hydrogen-bond donors (Lipinski definition) is 2. The van der Waals surface area contributed by atoms with E-state index in [4.69, 9.17) is 0 Å². The zero-order valence-electron chi connectivity index (χ0n) is 13.8. The van der Waals surface area contributed by atoms with E-state index in [-0.39, 0.29) is 29.8 Å². The Bertz CT molecular complexity index is 492. The summed E-state index contributed by atoms with van der Waals surface area (Å²) in [5.41, 5.74) is 1.21. The maximum Gasteiger partial charge on any atom is 0.227 e. The maximum atomic E-state index is 12.1. The van der Waals surface area contributed by atoms with E-state index in [9.17, 15) is 4.79 Å². The molecule has 0 aliphatic carbocycles. The first-order chi connectivity index (χ1) is 9.83. The van der Waals surface area contributed by atoms with E-state index in [2.05, 4.69) is 36.5 Å². The lowest BCUT2D eigenvalue weighted by Gasteiger charge is -2.22. The molecule has 7 heteroatoms. The molecule has 0 saturated carbocycles. The second kappa shape index (κ2) is 8.22. The van der Waals surface area contributed by atoms with E-state index in [1.807, 2.05) is 24.9 Å². The molecule has 0 spiro atoms. The van der Waals surface area contributed by atoms with Crippen LogP contribution in [0.1, 0.15) is 32.9 Å². The van der Waals surface area contributed by atoms with Crippen LogP contribution >= 0.6 is 24.2 Å². The summed E-state index contributed by atoms with van der Waals surface area (Å²) in [5, 5.41) is 10.8. The number of aromatic nitrogens is 2. The topological polar surface area (TPSA) is 59.0 Å². The first kappa shape index (κ1) is 19.3. The molecule has 2 N–H and O–H groups in total. The van der Waals surface area contributed by atoms with Gasteiger partial charge in [-0.25, -0.2) is 0 Å². The van der Waals surface area contributed by atoms with Gasteiger partial charge in [0.15, 0.2) is 0 Å². The van der Waals surface area contributed by atoms with Crippen LogP contribution in [0.3, 0.4) is 0 Å². The van der Waals surface area contributed by atoms with Crippen LogP contribution in [0.2, 0.25) is 0 Å². The first-order valence-corrected chi connectivity index (χ1v) is 8.63. The lowest BCUT2D eigenvalue weighted by molar-refractivity contribution is -0.116. The lowest BCUT2D eigenvalue weighted by atomic mass is 9.91. The number of rotatable bonds is 4. The van der Waals surface area contributed by atoms with Gasteiger partial charge in [0, 0.05) is 43.6 Å². The van der Waals surface area contributed by atoms with Crippen molar-refractivity contribution in [1.82, 2.24) is 15.1 Å². The van der Waals surface area contributed by atoms with Gasteiger partial charge < -0.3 is 10.6 Å². The average Bonchev–Trinajstić information content (AvgIpc) is 2.68. The fraction of sp³-hybridized carbons (Fsp3) is 0.733. The Balaban J connectivity index is 0.00000242. The molecule has 0 bridgehead atoms. The molecular formula is C15H27ClN4OS. The van der Waals surface area contributed by atoms with E-state index < -0.39 is 0 Å². The molecule has 0 radical (unpaired) electrons. The van der Waals surface area contributed by atoms with Gasteiger partial charge >= 0.3 is 0 Å². The summed E-state index contributed by atoms with van der Waals surface area (Å²) < 4.78 is 1.75. The van der Waals surface area contributed by atoms with Crippen LogP contribution in [0.25, 0.3) is 0 Å². The number of nitrogens with zero attached hydrogens (tertiary/aromatic N) is 2. The molecule has 1 aromatic heterocycles. The van der Waals surface area contributed by atoms with E-state index in [0.29, 0.717) is 6.42 Å². The molecule has 1 fully saturated rings. The number of nitrogens with one attached hydrogen (secondary N) is 2. The molecule has 1 aliphatic rings. The summed E-state index contributed by atoms with van der Waals surface area (Å²) in [6.07, 6.45) is 1.42. The van der Waals surface area contributed by atoms with Crippen molar-refractivity contribution in [1.29, 1.82) is 0 Å². The molecular weight excluding hydrogens is 320 g/mol. The largest absolute Gasteiger partial charge is 0.312 e. The van der Waals surface area contributed by atoms with E-state index >= 15 is 0 Å². The fourth-order valence-electron chi connectivity index (χ4n) is 2.44. The molecule has 126 valence electrons. The molecule has 1 aromatic rings. The van der Waals surface area contributed by atoms with Crippen LogP contribution in [0.5, 0.6) is 0 Å². The van der Waals surface area contributed by atoms with Crippen molar-refractivity contribution < 1.29 is 4.79 Å². The summed E-state index contributed by atoms with van der Waals surface area (Å²) in [5.74, 6) is 2.98. The summed E-state index contributed by atoms with van der Waals surface area (Å²) in [4.78, 5) is 12.1. The van der Waals surface area contributed by atoms with Crippen molar-refractivity contribution in [3.05, 3.63) is 11.8 Å². The van der Waals surface area contributed by atoms with Crippen molar-refractivity contribution >= 4 is 35.9 Å². The summed E-state index contributed by atoms with van der Waals surface area (Å²) in [6.45, 7) is 7.55. The van der Waals surface area contributed by atoms with Gasteiger partial charge in [-0.1, -0.05) is 20.8 Å². The van der Waals surface area contributed by atoms with Gasteiger partial charge in [0.05, 0.1) is 5.69 Å². The Morgan fingerprint density at radius 2 is 2.27 bits per heavy atom. The highest BCUT2D eigenvalue weighted by Gasteiger charge is 2.19. The highest BCUT2D eigenvalue weighted by atomic mass is 35.5. The van der Waals surface area contributed by atoms with Gasteiger partial charge in [-0.2, -0.15) is 16.9 Å². The highest BCUT2D eigenvalue weighted by Crippen LogP contribution is 2.21. The molecule has 2 rings (SSSR count).